The van der Waals surface area contributed by atoms with Crippen LogP contribution in [0.1, 0.15) is 26.7 Å². The lowest BCUT2D eigenvalue weighted by atomic mass is 10.3. The lowest BCUT2D eigenvalue weighted by molar-refractivity contribution is 0.149. The van der Waals surface area contributed by atoms with Crippen molar-refractivity contribution in [3.05, 3.63) is 0 Å². The van der Waals surface area contributed by atoms with Gasteiger partial charge in [0.1, 0.15) is 0 Å². The summed E-state index contributed by atoms with van der Waals surface area (Å²) in [6.07, 6.45) is 2.29. The van der Waals surface area contributed by atoms with E-state index in [1.165, 1.54) is 11.5 Å². The molecule has 0 aliphatic carbocycles. The summed E-state index contributed by atoms with van der Waals surface area (Å²) in [4.78, 5) is 0. The summed E-state index contributed by atoms with van der Waals surface area (Å²) in [5.41, 5.74) is 5.62. The maximum Gasteiger partial charge on any atom is 0.0473 e. The second-order valence-electron chi connectivity index (χ2n) is 2.93. The highest BCUT2D eigenvalue weighted by Crippen LogP contribution is 2.05. The van der Waals surface area contributed by atoms with Gasteiger partial charge in [-0.25, -0.2) is 0 Å². The minimum absolute atomic E-state index is 0.351. The maximum atomic E-state index is 5.62. The predicted molar refractivity (Wildman–Crippen MR) is 56.7 cm³/mol. The SMILES string of the molecule is CCOCCCSCCC(C)N. The molecule has 0 aromatic heterocycles. The summed E-state index contributed by atoms with van der Waals surface area (Å²) in [6, 6.07) is 0.351. The average Bonchev–Trinajstić information content (AvgIpc) is 2.02. The minimum atomic E-state index is 0.351. The van der Waals surface area contributed by atoms with Gasteiger partial charge in [0, 0.05) is 19.3 Å². The molecule has 0 fully saturated rings. The topological polar surface area (TPSA) is 35.2 Å². The smallest absolute Gasteiger partial charge is 0.0473 e. The average molecular weight is 191 g/mol. The second kappa shape index (κ2) is 9.36. The largest absolute Gasteiger partial charge is 0.382 e. The molecule has 0 spiro atoms. The predicted octanol–water partition coefficient (Wildman–Crippen LogP) is 1.88. The Morgan fingerprint density at radius 1 is 1.42 bits per heavy atom. The second-order valence-corrected chi connectivity index (χ2v) is 4.15. The third kappa shape index (κ3) is 10.3. The zero-order valence-corrected chi connectivity index (χ0v) is 9.03. The summed E-state index contributed by atoms with van der Waals surface area (Å²) >= 11 is 1.97. The molecule has 0 radical (unpaired) electrons. The summed E-state index contributed by atoms with van der Waals surface area (Å²) in [7, 11) is 0. The van der Waals surface area contributed by atoms with Crippen molar-refractivity contribution in [3.8, 4) is 0 Å². The molecule has 0 aliphatic heterocycles. The molecule has 74 valence electrons. The number of rotatable bonds is 8. The highest BCUT2D eigenvalue weighted by molar-refractivity contribution is 7.99. The van der Waals surface area contributed by atoms with E-state index in [0.717, 1.165) is 26.1 Å². The third-order valence-corrected chi connectivity index (χ3v) is 2.60. The number of thioether (sulfide) groups is 1. The van der Waals surface area contributed by atoms with E-state index < -0.39 is 0 Å². The molecule has 0 bridgehead atoms. The minimum Gasteiger partial charge on any atom is -0.382 e. The van der Waals surface area contributed by atoms with Gasteiger partial charge in [0.25, 0.3) is 0 Å². The van der Waals surface area contributed by atoms with Gasteiger partial charge >= 0.3 is 0 Å². The third-order valence-electron chi connectivity index (χ3n) is 1.50. The van der Waals surface area contributed by atoms with Crippen molar-refractivity contribution >= 4 is 11.8 Å². The van der Waals surface area contributed by atoms with Gasteiger partial charge < -0.3 is 10.5 Å². The van der Waals surface area contributed by atoms with Crippen LogP contribution in [0.25, 0.3) is 0 Å². The van der Waals surface area contributed by atoms with Crippen LogP contribution in [0.5, 0.6) is 0 Å². The van der Waals surface area contributed by atoms with Crippen LogP contribution < -0.4 is 5.73 Å². The number of hydrogen-bond acceptors (Lipinski definition) is 3. The van der Waals surface area contributed by atoms with E-state index in [2.05, 4.69) is 6.92 Å². The first-order valence-electron chi connectivity index (χ1n) is 4.68. The Morgan fingerprint density at radius 3 is 2.75 bits per heavy atom. The maximum absolute atomic E-state index is 5.62. The monoisotopic (exact) mass is 191 g/mol. The van der Waals surface area contributed by atoms with Crippen LogP contribution in [-0.2, 0) is 4.74 Å². The van der Waals surface area contributed by atoms with E-state index in [4.69, 9.17) is 10.5 Å². The molecule has 0 aliphatic rings. The molecule has 12 heavy (non-hydrogen) atoms. The molecule has 0 aromatic rings. The Labute approximate surface area is 80.2 Å². The first-order valence-corrected chi connectivity index (χ1v) is 5.84. The van der Waals surface area contributed by atoms with Crippen molar-refractivity contribution in [3.63, 3.8) is 0 Å². The first-order chi connectivity index (χ1) is 5.77. The van der Waals surface area contributed by atoms with Gasteiger partial charge in [-0.05, 0) is 38.2 Å². The Bertz CT molecular complexity index is 88.6. The van der Waals surface area contributed by atoms with Crippen molar-refractivity contribution in [1.29, 1.82) is 0 Å². The molecule has 0 aromatic carbocycles. The quantitative estimate of drug-likeness (QED) is 0.595. The lowest BCUT2D eigenvalue weighted by Crippen LogP contribution is -2.15. The van der Waals surface area contributed by atoms with Crippen LogP contribution in [0.4, 0.5) is 0 Å². The lowest BCUT2D eigenvalue weighted by Gasteiger charge is -2.04. The number of hydrogen-bond donors (Lipinski definition) is 1. The normalized spacial score (nSPS) is 13.2. The van der Waals surface area contributed by atoms with Crippen LogP contribution >= 0.6 is 11.8 Å². The molecule has 0 rings (SSSR count). The molecule has 3 heteroatoms. The first kappa shape index (κ1) is 12.3. The summed E-state index contributed by atoms with van der Waals surface area (Å²) in [5, 5.41) is 0. The fourth-order valence-corrected chi connectivity index (χ4v) is 1.84. The molecule has 0 saturated heterocycles. The highest BCUT2D eigenvalue weighted by Gasteiger charge is 1.94. The van der Waals surface area contributed by atoms with Gasteiger partial charge in [0.15, 0.2) is 0 Å². The zero-order chi connectivity index (χ0) is 9.23. The summed E-state index contributed by atoms with van der Waals surface area (Å²) in [6.45, 7) is 5.83. The molecule has 2 N–H and O–H groups in total. The van der Waals surface area contributed by atoms with E-state index in [1.807, 2.05) is 18.7 Å². The molecule has 2 nitrogen and oxygen atoms in total. The van der Waals surface area contributed by atoms with E-state index in [0.29, 0.717) is 6.04 Å². The van der Waals surface area contributed by atoms with Gasteiger partial charge in [-0.15, -0.1) is 0 Å². The number of nitrogens with two attached hydrogens (primary N) is 1. The zero-order valence-electron chi connectivity index (χ0n) is 8.21. The molecular formula is C9H21NOS. The van der Waals surface area contributed by atoms with Crippen molar-refractivity contribution < 1.29 is 4.74 Å². The van der Waals surface area contributed by atoms with Crippen LogP contribution in [-0.4, -0.2) is 30.8 Å². The van der Waals surface area contributed by atoms with Crippen molar-refractivity contribution in [1.82, 2.24) is 0 Å². The van der Waals surface area contributed by atoms with Gasteiger partial charge in [0.2, 0.25) is 0 Å². The Balaban J connectivity index is 2.82. The van der Waals surface area contributed by atoms with Crippen LogP contribution in [0.2, 0.25) is 0 Å². The van der Waals surface area contributed by atoms with Crippen LogP contribution in [0.3, 0.4) is 0 Å². The van der Waals surface area contributed by atoms with Crippen LogP contribution in [0.15, 0.2) is 0 Å². The van der Waals surface area contributed by atoms with E-state index in [-0.39, 0.29) is 0 Å². The van der Waals surface area contributed by atoms with Crippen molar-refractivity contribution in [2.24, 2.45) is 5.73 Å². The molecule has 0 heterocycles. The van der Waals surface area contributed by atoms with Gasteiger partial charge in [-0.2, -0.15) is 11.8 Å². The molecule has 0 amide bonds. The van der Waals surface area contributed by atoms with E-state index in [1.54, 1.807) is 0 Å². The Hall–Kier alpha value is 0.270. The fourth-order valence-electron chi connectivity index (χ4n) is 0.779. The van der Waals surface area contributed by atoms with E-state index in [9.17, 15) is 0 Å². The Morgan fingerprint density at radius 2 is 2.17 bits per heavy atom. The van der Waals surface area contributed by atoms with Crippen molar-refractivity contribution in [2.75, 3.05) is 24.7 Å². The fraction of sp³-hybridized carbons (Fsp3) is 1.00. The van der Waals surface area contributed by atoms with Crippen LogP contribution in [0, 0.1) is 0 Å². The van der Waals surface area contributed by atoms with E-state index >= 15 is 0 Å². The highest BCUT2D eigenvalue weighted by atomic mass is 32.2. The molecule has 0 saturated carbocycles. The summed E-state index contributed by atoms with van der Waals surface area (Å²) in [5.74, 6) is 2.39. The van der Waals surface area contributed by atoms with Gasteiger partial charge in [-0.3, -0.25) is 0 Å². The summed E-state index contributed by atoms with van der Waals surface area (Å²) < 4.78 is 5.22. The molecular weight excluding hydrogens is 170 g/mol. The molecule has 1 atom stereocenters. The molecule has 1 unspecified atom stereocenters. The standard InChI is InChI=1S/C9H21NOS/c1-3-11-6-4-7-12-8-5-9(2)10/h9H,3-8,10H2,1-2H3. The van der Waals surface area contributed by atoms with Gasteiger partial charge in [0.05, 0.1) is 0 Å². The Kier molecular flexibility index (Phi) is 9.57. The number of ether oxygens (including phenoxy) is 1. The van der Waals surface area contributed by atoms with Gasteiger partial charge in [-0.1, -0.05) is 0 Å². The van der Waals surface area contributed by atoms with Crippen molar-refractivity contribution in [2.45, 2.75) is 32.7 Å².